The minimum atomic E-state index is 0.341. The molecule has 0 bridgehead atoms. The van der Waals surface area contributed by atoms with Crippen LogP contribution in [0.5, 0.6) is 5.75 Å². The van der Waals surface area contributed by atoms with Gasteiger partial charge >= 0.3 is 0 Å². The van der Waals surface area contributed by atoms with E-state index in [0.717, 1.165) is 25.0 Å². The van der Waals surface area contributed by atoms with Crippen LogP contribution in [0.4, 0.5) is 0 Å². The summed E-state index contributed by atoms with van der Waals surface area (Å²) in [6.45, 7) is 1.99. The Kier molecular flexibility index (Phi) is 1.76. The van der Waals surface area contributed by atoms with Crippen molar-refractivity contribution in [2.75, 3.05) is 6.54 Å². The van der Waals surface area contributed by atoms with Crippen molar-refractivity contribution in [3.8, 4) is 5.75 Å². The van der Waals surface area contributed by atoms with Gasteiger partial charge in [-0.25, -0.2) is 0 Å². The predicted octanol–water partition coefficient (Wildman–Crippen LogP) is 1.53. The highest BCUT2D eigenvalue weighted by Gasteiger charge is 2.17. The first-order valence-corrected chi connectivity index (χ1v) is 5.27. The summed E-state index contributed by atoms with van der Waals surface area (Å²) in [5, 5.41) is 14.1. The maximum absolute atomic E-state index is 9.49. The van der Waals surface area contributed by atoms with Crippen LogP contribution in [0.15, 0.2) is 18.2 Å². The summed E-state index contributed by atoms with van der Waals surface area (Å²) in [6, 6.07) is 5.61. The van der Waals surface area contributed by atoms with Gasteiger partial charge in [-0.2, -0.15) is 0 Å². The molecule has 3 nitrogen and oxygen atoms in total. The van der Waals surface area contributed by atoms with Crippen LogP contribution in [-0.4, -0.2) is 16.2 Å². The van der Waals surface area contributed by atoms with Crippen molar-refractivity contribution in [3.05, 3.63) is 29.5 Å². The third-order valence-corrected chi connectivity index (χ3v) is 3.26. The second-order valence-corrected chi connectivity index (χ2v) is 4.11. The lowest BCUT2D eigenvalue weighted by molar-refractivity contribution is 0.476. The Labute approximate surface area is 88.3 Å². The number of fused-ring (bicyclic) bond motifs is 3. The van der Waals surface area contributed by atoms with Gasteiger partial charge in [0.2, 0.25) is 0 Å². The van der Waals surface area contributed by atoms with E-state index in [1.807, 2.05) is 12.1 Å². The summed E-state index contributed by atoms with van der Waals surface area (Å²) in [5.41, 5.74) is 3.91. The number of phenols is 1. The molecule has 2 heterocycles. The van der Waals surface area contributed by atoms with Crippen LogP contribution >= 0.6 is 0 Å². The van der Waals surface area contributed by atoms with Crippen LogP contribution in [0.2, 0.25) is 0 Å². The van der Waals surface area contributed by atoms with E-state index in [1.54, 1.807) is 6.07 Å². The number of hydrogen-bond donors (Lipinski definition) is 2. The standard InChI is InChI=1S/C12H14N2O/c1-14-11-4-5-13-7-10(11)9-3-2-8(15)6-12(9)14/h2-3,6,13,15H,4-5,7H2,1H3. The summed E-state index contributed by atoms with van der Waals surface area (Å²) in [4.78, 5) is 0. The molecule has 0 radical (unpaired) electrons. The average molecular weight is 202 g/mol. The molecular weight excluding hydrogens is 188 g/mol. The molecule has 0 aliphatic carbocycles. The van der Waals surface area contributed by atoms with Crippen molar-refractivity contribution in [1.82, 2.24) is 9.88 Å². The maximum Gasteiger partial charge on any atom is 0.117 e. The normalized spacial score (nSPS) is 15.5. The molecule has 1 aromatic heterocycles. The molecule has 0 atom stereocenters. The Morgan fingerprint density at radius 3 is 3.13 bits per heavy atom. The van der Waals surface area contributed by atoms with Crippen molar-refractivity contribution < 1.29 is 5.11 Å². The molecule has 0 saturated carbocycles. The van der Waals surface area contributed by atoms with Gasteiger partial charge in [-0.15, -0.1) is 0 Å². The summed E-state index contributed by atoms with van der Waals surface area (Å²) in [6.07, 6.45) is 1.07. The van der Waals surface area contributed by atoms with Gasteiger partial charge in [-0.1, -0.05) is 0 Å². The van der Waals surface area contributed by atoms with Crippen molar-refractivity contribution in [3.63, 3.8) is 0 Å². The van der Waals surface area contributed by atoms with Crippen LogP contribution in [0.1, 0.15) is 11.3 Å². The smallest absolute Gasteiger partial charge is 0.117 e. The number of aryl methyl sites for hydroxylation is 1. The van der Waals surface area contributed by atoms with Gasteiger partial charge in [0.05, 0.1) is 5.52 Å². The zero-order valence-corrected chi connectivity index (χ0v) is 8.75. The van der Waals surface area contributed by atoms with E-state index >= 15 is 0 Å². The third-order valence-electron chi connectivity index (χ3n) is 3.26. The van der Waals surface area contributed by atoms with Crippen molar-refractivity contribution in [1.29, 1.82) is 0 Å². The summed E-state index contributed by atoms with van der Waals surface area (Å²) < 4.78 is 2.20. The number of rotatable bonds is 0. The van der Waals surface area contributed by atoms with Crippen LogP contribution in [-0.2, 0) is 20.0 Å². The van der Waals surface area contributed by atoms with E-state index < -0.39 is 0 Å². The van der Waals surface area contributed by atoms with Crippen LogP contribution in [0.3, 0.4) is 0 Å². The Hall–Kier alpha value is -1.48. The molecule has 0 fully saturated rings. The fourth-order valence-electron chi connectivity index (χ4n) is 2.49. The average Bonchev–Trinajstić information content (AvgIpc) is 2.54. The second kappa shape index (κ2) is 3.00. The summed E-state index contributed by atoms with van der Waals surface area (Å²) >= 11 is 0. The van der Waals surface area contributed by atoms with Gasteiger partial charge in [0.1, 0.15) is 5.75 Å². The molecule has 1 aliphatic rings. The van der Waals surface area contributed by atoms with Crippen LogP contribution < -0.4 is 5.32 Å². The van der Waals surface area contributed by atoms with Crippen LogP contribution in [0.25, 0.3) is 10.9 Å². The second-order valence-electron chi connectivity index (χ2n) is 4.11. The minimum absolute atomic E-state index is 0.341. The van der Waals surface area contributed by atoms with Crippen LogP contribution in [0, 0.1) is 0 Å². The fraction of sp³-hybridized carbons (Fsp3) is 0.333. The predicted molar refractivity (Wildman–Crippen MR) is 60.0 cm³/mol. The van der Waals surface area contributed by atoms with Gasteiger partial charge in [0.15, 0.2) is 0 Å². The van der Waals surface area contributed by atoms with Gasteiger partial charge < -0.3 is 15.0 Å². The monoisotopic (exact) mass is 202 g/mol. The number of hydrogen-bond acceptors (Lipinski definition) is 2. The topological polar surface area (TPSA) is 37.2 Å². The van der Waals surface area contributed by atoms with E-state index in [9.17, 15) is 5.11 Å². The molecule has 0 amide bonds. The molecule has 3 rings (SSSR count). The number of nitrogens with zero attached hydrogens (tertiary/aromatic N) is 1. The highest BCUT2D eigenvalue weighted by molar-refractivity contribution is 5.86. The molecular formula is C12H14N2O. The Bertz CT molecular complexity index is 528. The first kappa shape index (κ1) is 8.80. The lowest BCUT2D eigenvalue weighted by Gasteiger charge is -2.14. The summed E-state index contributed by atoms with van der Waals surface area (Å²) in [5.74, 6) is 0.341. The van der Waals surface area contributed by atoms with E-state index in [1.165, 1.54) is 16.6 Å². The van der Waals surface area contributed by atoms with Crippen molar-refractivity contribution in [2.24, 2.45) is 7.05 Å². The number of benzene rings is 1. The highest BCUT2D eigenvalue weighted by Crippen LogP contribution is 2.29. The molecule has 1 aromatic carbocycles. The Morgan fingerprint density at radius 2 is 2.27 bits per heavy atom. The first-order valence-electron chi connectivity index (χ1n) is 5.27. The molecule has 0 spiro atoms. The van der Waals surface area contributed by atoms with Gasteiger partial charge in [-0.3, -0.25) is 0 Å². The lowest BCUT2D eigenvalue weighted by Crippen LogP contribution is -2.24. The molecule has 0 unspecified atom stereocenters. The molecule has 1 aliphatic heterocycles. The number of aromatic hydroxyl groups is 1. The number of aromatic nitrogens is 1. The maximum atomic E-state index is 9.49. The van der Waals surface area contributed by atoms with Crippen molar-refractivity contribution >= 4 is 10.9 Å². The molecule has 0 saturated heterocycles. The first-order chi connectivity index (χ1) is 7.27. The molecule has 2 aromatic rings. The SMILES string of the molecule is Cn1c2c(c3ccc(O)cc31)CNCC2. The minimum Gasteiger partial charge on any atom is -0.508 e. The van der Waals surface area contributed by atoms with E-state index in [2.05, 4.69) is 16.9 Å². The molecule has 78 valence electrons. The van der Waals surface area contributed by atoms with Gasteiger partial charge in [0.25, 0.3) is 0 Å². The molecule has 15 heavy (non-hydrogen) atoms. The highest BCUT2D eigenvalue weighted by atomic mass is 16.3. The number of phenolic OH excluding ortho intramolecular Hbond substituents is 1. The fourth-order valence-corrected chi connectivity index (χ4v) is 2.49. The van der Waals surface area contributed by atoms with E-state index in [4.69, 9.17) is 0 Å². The van der Waals surface area contributed by atoms with Gasteiger partial charge in [0, 0.05) is 43.7 Å². The van der Waals surface area contributed by atoms with E-state index in [-0.39, 0.29) is 0 Å². The Balaban J connectivity index is 2.38. The molecule has 2 N–H and O–H groups in total. The zero-order valence-electron chi connectivity index (χ0n) is 8.75. The third kappa shape index (κ3) is 1.16. The quantitative estimate of drug-likeness (QED) is 0.679. The van der Waals surface area contributed by atoms with Gasteiger partial charge in [-0.05, 0) is 17.7 Å². The zero-order chi connectivity index (χ0) is 10.4. The van der Waals surface area contributed by atoms with Crippen molar-refractivity contribution in [2.45, 2.75) is 13.0 Å². The molecule has 3 heteroatoms. The summed E-state index contributed by atoms with van der Waals surface area (Å²) in [7, 11) is 2.08. The Morgan fingerprint density at radius 1 is 1.40 bits per heavy atom. The largest absolute Gasteiger partial charge is 0.508 e. The lowest BCUT2D eigenvalue weighted by atomic mass is 10.1. The number of nitrogens with one attached hydrogen (secondary N) is 1. The van der Waals surface area contributed by atoms with E-state index in [0.29, 0.717) is 5.75 Å².